The SMILES string of the molecule is Fc1ccc(NNCl)cn1. The van der Waals surface area contributed by atoms with Crippen LogP contribution < -0.4 is 10.4 Å². The molecule has 0 atom stereocenters. The number of hydrazine groups is 1. The Morgan fingerprint density at radius 1 is 1.50 bits per heavy atom. The van der Waals surface area contributed by atoms with E-state index in [1.165, 1.54) is 18.3 Å². The van der Waals surface area contributed by atoms with E-state index in [1.54, 1.807) is 0 Å². The maximum Gasteiger partial charge on any atom is 0.212 e. The number of halogens is 2. The molecule has 0 aromatic carbocycles. The Labute approximate surface area is 62.3 Å². The zero-order valence-electron chi connectivity index (χ0n) is 4.94. The molecule has 3 nitrogen and oxygen atoms in total. The minimum atomic E-state index is -0.514. The molecule has 54 valence electrons. The predicted octanol–water partition coefficient (Wildman–Crippen LogP) is 1.29. The maximum absolute atomic E-state index is 12.1. The van der Waals surface area contributed by atoms with Gasteiger partial charge in [-0.25, -0.2) is 4.98 Å². The molecular weight excluding hydrogens is 157 g/mol. The van der Waals surface area contributed by atoms with E-state index >= 15 is 0 Å². The Morgan fingerprint density at radius 2 is 2.30 bits per heavy atom. The molecular formula is C5H5ClFN3. The van der Waals surface area contributed by atoms with Crippen LogP contribution in [0.1, 0.15) is 0 Å². The molecule has 1 rings (SSSR count). The second-order valence-electron chi connectivity index (χ2n) is 1.59. The number of anilines is 1. The van der Waals surface area contributed by atoms with Crippen molar-refractivity contribution in [1.82, 2.24) is 9.93 Å². The van der Waals surface area contributed by atoms with Gasteiger partial charge in [-0.1, -0.05) is 0 Å². The Balaban J connectivity index is 2.69. The number of pyridine rings is 1. The predicted molar refractivity (Wildman–Crippen MR) is 36.8 cm³/mol. The van der Waals surface area contributed by atoms with Gasteiger partial charge in [0.05, 0.1) is 11.9 Å². The molecule has 10 heavy (non-hydrogen) atoms. The van der Waals surface area contributed by atoms with Crippen molar-refractivity contribution in [2.75, 3.05) is 5.43 Å². The third kappa shape index (κ3) is 1.82. The van der Waals surface area contributed by atoms with Crippen LogP contribution in [0.25, 0.3) is 0 Å². The van der Waals surface area contributed by atoms with Crippen molar-refractivity contribution in [3.8, 4) is 0 Å². The van der Waals surface area contributed by atoms with Gasteiger partial charge in [0.2, 0.25) is 5.95 Å². The number of nitrogens with one attached hydrogen (secondary N) is 2. The first-order valence-electron chi connectivity index (χ1n) is 2.56. The van der Waals surface area contributed by atoms with E-state index in [0.717, 1.165) is 0 Å². The normalized spacial score (nSPS) is 9.40. The van der Waals surface area contributed by atoms with Crippen molar-refractivity contribution in [3.05, 3.63) is 24.3 Å². The van der Waals surface area contributed by atoms with Gasteiger partial charge in [-0.15, -0.1) is 4.94 Å². The van der Waals surface area contributed by atoms with Crippen LogP contribution in [-0.2, 0) is 0 Å². The van der Waals surface area contributed by atoms with Crippen molar-refractivity contribution in [2.45, 2.75) is 0 Å². The minimum absolute atomic E-state index is 0.514. The molecule has 0 spiro atoms. The zero-order valence-corrected chi connectivity index (χ0v) is 5.69. The number of hydrogen-bond acceptors (Lipinski definition) is 3. The summed E-state index contributed by atoms with van der Waals surface area (Å²) in [6.45, 7) is 0. The lowest BCUT2D eigenvalue weighted by molar-refractivity contribution is 0.584. The van der Waals surface area contributed by atoms with Crippen LogP contribution in [0, 0.1) is 5.95 Å². The van der Waals surface area contributed by atoms with Crippen LogP contribution in [0.2, 0.25) is 0 Å². The van der Waals surface area contributed by atoms with Gasteiger partial charge in [0.1, 0.15) is 0 Å². The lowest BCUT2D eigenvalue weighted by Crippen LogP contribution is -2.08. The summed E-state index contributed by atoms with van der Waals surface area (Å²) in [6.07, 6.45) is 1.32. The summed E-state index contributed by atoms with van der Waals surface area (Å²) in [6, 6.07) is 2.74. The summed E-state index contributed by atoms with van der Waals surface area (Å²) in [5.41, 5.74) is 3.13. The molecule has 0 fully saturated rings. The highest BCUT2D eigenvalue weighted by Crippen LogP contribution is 2.02. The van der Waals surface area contributed by atoms with Gasteiger partial charge >= 0.3 is 0 Å². The minimum Gasteiger partial charge on any atom is -0.306 e. The van der Waals surface area contributed by atoms with Gasteiger partial charge in [-0.05, 0) is 23.9 Å². The summed E-state index contributed by atoms with van der Waals surface area (Å²) < 4.78 is 12.1. The van der Waals surface area contributed by atoms with Crippen molar-refractivity contribution < 1.29 is 4.39 Å². The highest BCUT2D eigenvalue weighted by Gasteiger charge is 1.90. The quantitative estimate of drug-likeness (QED) is 0.390. The third-order valence-electron chi connectivity index (χ3n) is 0.919. The van der Waals surface area contributed by atoms with Crippen LogP contribution in [0.4, 0.5) is 10.1 Å². The molecule has 0 aliphatic rings. The van der Waals surface area contributed by atoms with E-state index in [1.807, 2.05) is 0 Å². The zero-order chi connectivity index (χ0) is 7.40. The van der Waals surface area contributed by atoms with Crippen molar-refractivity contribution >= 4 is 17.5 Å². The molecule has 0 radical (unpaired) electrons. The van der Waals surface area contributed by atoms with E-state index in [-0.39, 0.29) is 0 Å². The monoisotopic (exact) mass is 161 g/mol. The first kappa shape index (κ1) is 7.24. The first-order valence-corrected chi connectivity index (χ1v) is 2.94. The summed E-state index contributed by atoms with van der Waals surface area (Å²) in [7, 11) is 0. The summed E-state index contributed by atoms with van der Waals surface area (Å²) in [5, 5.41) is 0. The average Bonchev–Trinajstić information content (AvgIpc) is 1.95. The first-order chi connectivity index (χ1) is 4.83. The van der Waals surface area contributed by atoms with Crippen molar-refractivity contribution in [1.29, 1.82) is 0 Å². The number of rotatable bonds is 2. The van der Waals surface area contributed by atoms with Crippen LogP contribution >= 0.6 is 11.8 Å². The molecule has 5 heteroatoms. The van der Waals surface area contributed by atoms with E-state index in [0.29, 0.717) is 5.69 Å². The summed E-state index contributed by atoms with van der Waals surface area (Å²) in [4.78, 5) is 5.53. The van der Waals surface area contributed by atoms with E-state index < -0.39 is 5.95 Å². The fraction of sp³-hybridized carbons (Fsp3) is 0. The second-order valence-corrected chi connectivity index (χ2v) is 1.78. The van der Waals surface area contributed by atoms with E-state index in [2.05, 4.69) is 15.4 Å². The van der Waals surface area contributed by atoms with Crippen LogP contribution in [0.15, 0.2) is 18.3 Å². The van der Waals surface area contributed by atoms with Gasteiger partial charge in [0, 0.05) is 0 Å². The molecule has 0 unspecified atom stereocenters. The highest BCUT2D eigenvalue weighted by molar-refractivity contribution is 6.13. The van der Waals surface area contributed by atoms with E-state index in [9.17, 15) is 4.39 Å². The lowest BCUT2D eigenvalue weighted by atomic mass is 10.4. The van der Waals surface area contributed by atoms with Crippen LogP contribution in [0.5, 0.6) is 0 Å². The summed E-state index contributed by atoms with van der Waals surface area (Å²) >= 11 is 5.09. The maximum atomic E-state index is 12.1. The Hall–Kier alpha value is -0.870. The molecule has 1 heterocycles. The molecule has 0 amide bonds. The molecule has 0 aliphatic heterocycles. The van der Waals surface area contributed by atoms with Crippen molar-refractivity contribution in [3.63, 3.8) is 0 Å². The highest BCUT2D eigenvalue weighted by atomic mass is 35.5. The number of aromatic nitrogens is 1. The molecule has 1 aromatic heterocycles. The lowest BCUT2D eigenvalue weighted by Gasteiger charge is -1.98. The van der Waals surface area contributed by atoms with Gasteiger partial charge in [0.25, 0.3) is 0 Å². The van der Waals surface area contributed by atoms with Gasteiger partial charge in [0.15, 0.2) is 0 Å². The average molecular weight is 162 g/mol. The van der Waals surface area contributed by atoms with Crippen LogP contribution in [0.3, 0.4) is 0 Å². The topological polar surface area (TPSA) is 37.0 Å². The standard InChI is InChI=1S/C5H5ClFN3/c6-10-9-4-1-2-5(7)8-3-4/h1-3,9-10H. The smallest absolute Gasteiger partial charge is 0.212 e. The Bertz CT molecular complexity index is 201. The van der Waals surface area contributed by atoms with Gasteiger partial charge in [-0.3, -0.25) is 0 Å². The number of nitrogens with zero attached hydrogens (tertiary/aromatic N) is 1. The molecule has 0 saturated carbocycles. The van der Waals surface area contributed by atoms with E-state index in [4.69, 9.17) is 11.8 Å². The molecule has 0 saturated heterocycles. The second kappa shape index (κ2) is 3.34. The summed E-state index contributed by atoms with van der Waals surface area (Å²) in [5.74, 6) is -0.514. The van der Waals surface area contributed by atoms with Crippen LogP contribution in [-0.4, -0.2) is 4.98 Å². The fourth-order valence-corrected chi connectivity index (χ4v) is 0.613. The third-order valence-corrected chi connectivity index (χ3v) is 1.01. The van der Waals surface area contributed by atoms with Crippen molar-refractivity contribution in [2.24, 2.45) is 0 Å². The molecule has 1 aromatic rings. The van der Waals surface area contributed by atoms with Gasteiger partial charge in [-0.2, -0.15) is 4.39 Å². The molecule has 0 aliphatic carbocycles. The largest absolute Gasteiger partial charge is 0.306 e. The molecule has 0 bridgehead atoms. The number of hydrogen-bond donors (Lipinski definition) is 2. The molecule has 2 N–H and O–H groups in total. The fourth-order valence-electron chi connectivity index (χ4n) is 0.504. The Morgan fingerprint density at radius 3 is 2.80 bits per heavy atom. The Kier molecular flexibility index (Phi) is 2.42. The van der Waals surface area contributed by atoms with Gasteiger partial charge < -0.3 is 5.43 Å².